The molecule has 2 aromatic heterocycles. The Morgan fingerprint density at radius 1 is 1.24 bits per heavy atom. The van der Waals surface area contributed by atoms with Gasteiger partial charge in [0.25, 0.3) is 0 Å². The third-order valence-corrected chi connectivity index (χ3v) is 6.91. The molecular formula is C26H31N5O2. The molecule has 2 N–H and O–H groups in total. The van der Waals surface area contributed by atoms with Crippen molar-refractivity contribution in [1.82, 2.24) is 24.9 Å². The van der Waals surface area contributed by atoms with Gasteiger partial charge in [-0.25, -0.2) is 4.98 Å². The summed E-state index contributed by atoms with van der Waals surface area (Å²) in [4.78, 5) is 6.79. The minimum Gasteiger partial charge on any atom is -0.395 e. The van der Waals surface area contributed by atoms with E-state index in [1.165, 1.54) is 0 Å². The molecule has 1 unspecified atom stereocenters. The van der Waals surface area contributed by atoms with Gasteiger partial charge in [0.05, 0.1) is 12.6 Å². The van der Waals surface area contributed by atoms with E-state index in [1.807, 2.05) is 37.6 Å². The lowest BCUT2D eigenvalue weighted by Crippen LogP contribution is -2.27. The maximum Gasteiger partial charge on any atom is 0.167 e. The maximum atomic E-state index is 9.08. The fourth-order valence-corrected chi connectivity index (χ4v) is 5.06. The molecule has 0 bridgehead atoms. The first-order chi connectivity index (χ1) is 16.2. The van der Waals surface area contributed by atoms with E-state index in [4.69, 9.17) is 9.63 Å². The largest absolute Gasteiger partial charge is 0.395 e. The Morgan fingerprint density at radius 3 is 2.73 bits per heavy atom. The summed E-state index contributed by atoms with van der Waals surface area (Å²) in [5.41, 5.74) is 2.90. The number of aryl methyl sites for hydroxylation is 1. The third-order valence-electron chi connectivity index (χ3n) is 6.91. The zero-order chi connectivity index (χ0) is 22.8. The van der Waals surface area contributed by atoms with Crippen LogP contribution in [0.3, 0.4) is 0 Å². The summed E-state index contributed by atoms with van der Waals surface area (Å²) in [5, 5.41) is 16.7. The van der Waals surface area contributed by atoms with Crippen LogP contribution in [-0.4, -0.2) is 64.5 Å². The van der Waals surface area contributed by atoms with Gasteiger partial charge in [-0.15, -0.1) is 0 Å². The maximum absolute atomic E-state index is 9.08. The number of aliphatic hydroxyl groups excluding tert-OH is 1. The minimum atomic E-state index is 0.0291. The molecule has 1 aliphatic heterocycles. The highest BCUT2D eigenvalue weighted by atomic mass is 16.5. The van der Waals surface area contributed by atoms with Crippen LogP contribution in [0.25, 0.3) is 11.3 Å². The van der Waals surface area contributed by atoms with Crippen molar-refractivity contribution in [2.75, 3.05) is 39.8 Å². The van der Waals surface area contributed by atoms with E-state index in [-0.39, 0.29) is 12.6 Å². The number of aliphatic hydroxyl groups is 1. The zero-order valence-electron chi connectivity index (χ0n) is 19.2. The Balaban J connectivity index is 1.26. The molecular weight excluding hydrogens is 414 g/mol. The van der Waals surface area contributed by atoms with Crippen molar-refractivity contribution in [3.8, 4) is 23.2 Å². The topological polar surface area (TPSA) is 79.4 Å². The lowest BCUT2D eigenvalue weighted by atomic mass is 10.1. The fourth-order valence-electron chi connectivity index (χ4n) is 5.06. The summed E-state index contributed by atoms with van der Waals surface area (Å²) in [7, 11) is 1.94. The number of likely N-dealkylation sites (N-methyl/N-ethyl adjacent to an activating group) is 1. The van der Waals surface area contributed by atoms with Gasteiger partial charge in [-0.3, -0.25) is 0 Å². The second kappa shape index (κ2) is 9.52. The first-order valence-electron chi connectivity index (χ1n) is 11.8. The van der Waals surface area contributed by atoms with E-state index in [2.05, 4.69) is 55.8 Å². The Kier molecular flexibility index (Phi) is 6.32. The number of aromatic nitrogens is 3. The Hall–Kier alpha value is -2.92. The van der Waals surface area contributed by atoms with E-state index in [0.29, 0.717) is 17.8 Å². The normalized spacial score (nSPS) is 22.6. The Morgan fingerprint density at radius 2 is 2.03 bits per heavy atom. The Labute approximate surface area is 194 Å². The second-order valence-corrected chi connectivity index (χ2v) is 8.98. The van der Waals surface area contributed by atoms with Crippen LogP contribution in [0.4, 0.5) is 0 Å². The molecule has 33 heavy (non-hydrogen) atoms. The van der Waals surface area contributed by atoms with Gasteiger partial charge >= 0.3 is 0 Å². The van der Waals surface area contributed by atoms with Gasteiger partial charge in [-0.1, -0.05) is 23.9 Å². The van der Waals surface area contributed by atoms with Gasteiger partial charge in [0.1, 0.15) is 11.5 Å². The van der Waals surface area contributed by atoms with E-state index >= 15 is 0 Å². The van der Waals surface area contributed by atoms with Crippen molar-refractivity contribution in [2.45, 2.75) is 19.4 Å². The highest BCUT2D eigenvalue weighted by Crippen LogP contribution is 2.51. The van der Waals surface area contributed by atoms with Gasteiger partial charge < -0.3 is 24.4 Å². The third kappa shape index (κ3) is 4.47. The van der Waals surface area contributed by atoms with Crippen molar-refractivity contribution in [3.05, 3.63) is 59.8 Å². The molecule has 7 heteroatoms. The molecule has 1 saturated carbocycles. The van der Waals surface area contributed by atoms with Crippen molar-refractivity contribution < 1.29 is 9.63 Å². The molecule has 0 amide bonds. The van der Waals surface area contributed by atoms with Gasteiger partial charge in [0, 0.05) is 68.1 Å². The van der Waals surface area contributed by atoms with Gasteiger partial charge in [-0.2, -0.15) is 0 Å². The number of β-amino-alcohol motifs (C(OH)–C–C–N with tert-alkyl or cyclic N) is 1. The lowest BCUT2D eigenvalue weighted by molar-refractivity contribution is 0.206. The smallest absolute Gasteiger partial charge is 0.167 e. The summed E-state index contributed by atoms with van der Waals surface area (Å²) in [5.74, 6) is 10.5. The van der Waals surface area contributed by atoms with E-state index in [9.17, 15) is 0 Å². The number of nitrogens with zero attached hydrogens (tertiary/aromatic N) is 4. The number of piperidine rings is 1. The monoisotopic (exact) mass is 445 g/mol. The molecule has 0 spiro atoms. The SMILES string of the molecule is CCc1nccn1[C@H](CNC)c1cc(-c2ccc(C#CC3[C@H]4CN(CCO)C[C@@H]34)cc2)on1. The molecule has 1 aromatic carbocycles. The van der Waals surface area contributed by atoms with Crippen LogP contribution in [0, 0.1) is 29.6 Å². The van der Waals surface area contributed by atoms with Crippen LogP contribution < -0.4 is 5.32 Å². The van der Waals surface area contributed by atoms with E-state index < -0.39 is 0 Å². The molecule has 5 rings (SSSR count). The molecule has 0 radical (unpaired) electrons. The summed E-state index contributed by atoms with van der Waals surface area (Å²) in [6, 6.07) is 10.3. The number of imidazole rings is 1. The molecule has 7 nitrogen and oxygen atoms in total. The number of hydrogen-bond acceptors (Lipinski definition) is 6. The summed E-state index contributed by atoms with van der Waals surface area (Å²) in [6.45, 7) is 6.03. The van der Waals surface area contributed by atoms with E-state index in [1.54, 1.807) is 0 Å². The minimum absolute atomic E-state index is 0.0291. The predicted molar refractivity (Wildman–Crippen MR) is 126 cm³/mol. The fraction of sp³-hybridized carbons (Fsp3) is 0.462. The number of nitrogens with one attached hydrogen (secondary N) is 1. The summed E-state index contributed by atoms with van der Waals surface area (Å²) < 4.78 is 7.87. The molecule has 172 valence electrons. The summed E-state index contributed by atoms with van der Waals surface area (Å²) >= 11 is 0. The van der Waals surface area contributed by atoms with Gasteiger partial charge in [0.2, 0.25) is 0 Å². The van der Waals surface area contributed by atoms with Crippen LogP contribution in [0.1, 0.15) is 30.0 Å². The number of benzene rings is 1. The van der Waals surface area contributed by atoms with Crippen LogP contribution in [0.5, 0.6) is 0 Å². The number of likely N-dealkylation sites (tertiary alicyclic amines) is 1. The van der Waals surface area contributed by atoms with Crippen LogP contribution in [0.15, 0.2) is 47.2 Å². The molecule has 2 aliphatic rings. The highest BCUT2D eigenvalue weighted by Gasteiger charge is 2.54. The first-order valence-corrected chi connectivity index (χ1v) is 11.8. The first kappa shape index (κ1) is 21.9. The molecule has 3 aromatic rings. The molecule has 2 fully saturated rings. The van der Waals surface area contributed by atoms with Gasteiger partial charge in [-0.05, 0) is 43.1 Å². The van der Waals surface area contributed by atoms with Crippen molar-refractivity contribution in [1.29, 1.82) is 0 Å². The molecule has 1 saturated heterocycles. The van der Waals surface area contributed by atoms with Crippen LogP contribution in [0.2, 0.25) is 0 Å². The molecule has 3 heterocycles. The van der Waals surface area contributed by atoms with Crippen molar-refractivity contribution in [3.63, 3.8) is 0 Å². The predicted octanol–water partition coefficient (Wildman–Crippen LogP) is 2.43. The van der Waals surface area contributed by atoms with Gasteiger partial charge in [0.15, 0.2) is 5.76 Å². The highest BCUT2D eigenvalue weighted by molar-refractivity contribution is 5.59. The van der Waals surface area contributed by atoms with Crippen LogP contribution in [-0.2, 0) is 6.42 Å². The lowest BCUT2D eigenvalue weighted by Gasteiger charge is -2.17. The quantitative estimate of drug-likeness (QED) is 0.519. The zero-order valence-corrected chi connectivity index (χ0v) is 19.2. The average Bonchev–Trinajstić information content (AvgIpc) is 3.34. The van der Waals surface area contributed by atoms with Crippen molar-refractivity contribution >= 4 is 0 Å². The van der Waals surface area contributed by atoms with Crippen LogP contribution >= 0.6 is 0 Å². The Bertz CT molecular complexity index is 1130. The average molecular weight is 446 g/mol. The number of hydrogen-bond donors (Lipinski definition) is 2. The van der Waals surface area contributed by atoms with E-state index in [0.717, 1.165) is 61.0 Å². The molecule has 4 atom stereocenters. The number of fused-ring (bicyclic) bond motifs is 1. The molecule has 1 aliphatic carbocycles. The summed E-state index contributed by atoms with van der Waals surface area (Å²) in [6.07, 6.45) is 4.70. The second-order valence-electron chi connectivity index (χ2n) is 8.98. The standard InChI is InChI=1S/C26H31N5O2/c1-3-26-28-10-11-31(26)24(15-27-2)23-14-25(33-29-23)19-7-4-18(5-8-19)6-9-20-21-16-30(12-13-32)17-22(20)21/h4-5,7-8,10-11,14,20-22,24,27,32H,3,12-13,15-17H2,1-2H3/t20?,21-,22+,24-/m1/s1. The van der Waals surface area contributed by atoms with Crippen molar-refractivity contribution in [2.24, 2.45) is 17.8 Å². The number of rotatable bonds is 8.